The largest absolute Gasteiger partial charge is 0.326 e. The predicted octanol–water partition coefficient (Wildman–Crippen LogP) is 4.88. The molecule has 0 unspecified atom stereocenters. The lowest BCUT2D eigenvalue weighted by Crippen LogP contribution is -2.12. The average Bonchev–Trinajstić information content (AvgIpc) is 2.53. The fourth-order valence-corrected chi connectivity index (χ4v) is 2.91. The van der Waals surface area contributed by atoms with Crippen molar-refractivity contribution < 1.29 is 4.79 Å². The molecule has 0 aliphatic carbocycles. The van der Waals surface area contributed by atoms with Crippen LogP contribution in [0.15, 0.2) is 59.3 Å². The first-order chi connectivity index (χ1) is 11.1. The SMILES string of the molecule is Cc1cncc(CCC(=O)Nc2ccc3cc(Br)ccc3c2)c1. The van der Waals surface area contributed by atoms with Crippen LogP contribution in [0.5, 0.6) is 0 Å². The third-order valence-corrected chi connectivity index (χ3v) is 4.15. The molecule has 0 aliphatic heterocycles. The molecular formula is C19H17BrN2O. The number of anilines is 1. The van der Waals surface area contributed by atoms with Gasteiger partial charge in [0.2, 0.25) is 5.91 Å². The Kier molecular flexibility index (Phi) is 4.72. The molecule has 4 heteroatoms. The maximum Gasteiger partial charge on any atom is 0.224 e. The van der Waals surface area contributed by atoms with E-state index in [0.717, 1.165) is 32.1 Å². The number of pyridine rings is 1. The van der Waals surface area contributed by atoms with Gasteiger partial charge in [0.15, 0.2) is 0 Å². The lowest BCUT2D eigenvalue weighted by Gasteiger charge is -2.07. The van der Waals surface area contributed by atoms with Crippen LogP contribution in [-0.4, -0.2) is 10.9 Å². The highest BCUT2D eigenvalue weighted by molar-refractivity contribution is 9.10. The zero-order valence-corrected chi connectivity index (χ0v) is 14.4. The van der Waals surface area contributed by atoms with Crippen molar-refractivity contribution in [3.05, 3.63) is 70.5 Å². The molecule has 2 aromatic carbocycles. The first kappa shape index (κ1) is 15.7. The van der Waals surface area contributed by atoms with E-state index in [0.29, 0.717) is 12.8 Å². The van der Waals surface area contributed by atoms with Crippen LogP contribution in [0, 0.1) is 6.92 Å². The summed E-state index contributed by atoms with van der Waals surface area (Å²) in [5.74, 6) is 0.0166. The molecule has 0 saturated carbocycles. The van der Waals surface area contributed by atoms with Gasteiger partial charge < -0.3 is 5.32 Å². The number of amides is 1. The van der Waals surface area contributed by atoms with Crippen LogP contribution in [0.2, 0.25) is 0 Å². The average molecular weight is 369 g/mol. The number of aryl methyl sites for hydroxylation is 2. The molecule has 1 amide bonds. The molecule has 0 aliphatic rings. The minimum absolute atomic E-state index is 0.0166. The molecule has 0 spiro atoms. The Morgan fingerprint density at radius 2 is 1.87 bits per heavy atom. The lowest BCUT2D eigenvalue weighted by molar-refractivity contribution is -0.116. The van der Waals surface area contributed by atoms with E-state index < -0.39 is 0 Å². The van der Waals surface area contributed by atoms with Crippen molar-refractivity contribution in [2.75, 3.05) is 5.32 Å². The highest BCUT2D eigenvalue weighted by Crippen LogP contribution is 2.23. The van der Waals surface area contributed by atoms with Gasteiger partial charge in [-0.05, 0) is 59.5 Å². The summed E-state index contributed by atoms with van der Waals surface area (Å²) in [6.07, 6.45) is 4.77. The van der Waals surface area contributed by atoms with E-state index in [1.807, 2.05) is 49.6 Å². The van der Waals surface area contributed by atoms with E-state index in [2.05, 4.69) is 38.4 Å². The summed E-state index contributed by atoms with van der Waals surface area (Å²) in [5, 5.41) is 5.21. The number of hydrogen-bond acceptors (Lipinski definition) is 2. The summed E-state index contributed by atoms with van der Waals surface area (Å²) in [4.78, 5) is 16.3. The van der Waals surface area contributed by atoms with E-state index in [1.165, 1.54) is 0 Å². The van der Waals surface area contributed by atoms with Crippen LogP contribution in [0.1, 0.15) is 17.5 Å². The monoisotopic (exact) mass is 368 g/mol. The minimum atomic E-state index is 0.0166. The van der Waals surface area contributed by atoms with Crippen molar-refractivity contribution in [3.8, 4) is 0 Å². The fourth-order valence-electron chi connectivity index (χ4n) is 2.53. The molecule has 116 valence electrons. The molecule has 0 fully saturated rings. The van der Waals surface area contributed by atoms with Crippen LogP contribution in [0.4, 0.5) is 5.69 Å². The van der Waals surface area contributed by atoms with Gasteiger partial charge in [0.1, 0.15) is 0 Å². The summed E-state index contributed by atoms with van der Waals surface area (Å²) in [6, 6.07) is 14.1. The molecule has 1 heterocycles. The molecular weight excluding hydrogens is 352 g/mol. The number of hydrogen-bond donors (Lipinski definition) is 1. The molecule has 3 nitrogen and oxygen atoms in total. The number of carbonyl (C=O) groups is 1. The predicted molar refractivity (Wildman–Crippen MR) is 97.6 cm³/mol. The normalized spacial score (nSPS) is 10.7. The standard InChI is InChI=1S/C19H17BrN2O/c1-13-8-14(12-21-11-13)2-7-19(23)22-18-6-4-15-9-17(20)5-3-16(15)10-18/h3-6,8-12H,2,7H2,1H3,(H,22,23). The van der Waals surface area contributed by atoms with Crippen molar-refractivity contribution in [1.29, 1.82) is 0 Å². The van der Waals surface area contributed by atoms with E-state index in [-0.39, 0.29) is 5.91 Å². The zero-order chi connectivity index (χ0) is 16.2. The molecule has 23 heavy (non-hydrogen) atoms. The van der Waals surface area contributed by atoms with Crippen LogP contribution in [0.25, 0.3) is 10.8 Å². The summed E-state index contributed by atoms with van der Waals surface area (Å²) >= 11 is 3.46. The summed E-state index contributed by atoms with van der Waals surface area (Å²) < 4.78 is 1.05. The first-order valence-electron chi connectivity index (χ1n) is 7.50. The number of fused-ring (bicyclic) bond motifs is 1. The van der Waals surface area contributed by atoms with E-state index in [9.17, 15) is 4.79 Å². The van der Waals surface area contributed by atoms with Gasteiger partial charge in [-0.25, -0.2) is 0 Å². The van der Waals surface area contributed by atoms with Crippen LogP contribution in [0.3, 0.4) is 0 Å². The van der Waals surface area contributed by atoms with Gasteiger partial charge >= 0.3 is 0 Å². The smallest absolute Gasteiger partial charge is 0.224 e. The number of benzene rings is 2. The summed E-state index contributed by atoms with van der Waals surface area (Å²) in [7, 11) is 0. The zero-order valence-electron chi connectivity index (χ0n) is 12.8. The number of aromatic nitrogens is 1. The number of nitrogens with zero attached hydrogens (tertiary/aromatic N) is 1. The van der Waals surface area contributed by atoms with Crippen LogP contribution < -0.4 is 5.32 Å². The number of halogens is 1. The fraction of sp³-hybridized carbons (Fsp3) is 0.158. The Bertz CT molecular complexity index is 861. The van der Waals surface area contributed by atoms with Gasteiger partial charge in [-0.1, -0.05) is 34.1 Å². The third kappa shape index (κ3) is 4.17. The van der Waals surface area contributed by atoms with Gasteiger partial charge in [-0.3, -0.25) is 9.78 Å². The van der Waals surface area contributed by atoms with E-state index in [1.54, 1.807) is 0 Å². The molecule has 3 aromatic rings. The second-order valence-electron chi connectivity index (χ2n) is 5.62. The summed E-state index contributed by atoms with van der Waals surface area (Å²) in [6.45, 7) is 2.00. The molecule has 3 rings (SSSR count). The van der Waals surface area contributed by atoms with Gasteiger partial charge in [-0.15, -0.1) is 0 Å². The second kappa shape index (κ2) is 6.92. The highest BCUT2D eigenvalue weighted by Gasteiger charge is 2.05. The van der Waals surface area contributed by atoms with Crippen molar-refractivity contribution in [3.63, 3.8) is 0 Å². The Balaban J connectivity index is 1.64. The topological polar surface area (TPSA) is 42.0 Å². The third-order valence-electron chi connectivity index (χ3n) is 3.66. The van der Waals surface area contributed by atoms with Crippen LogP contribution >= 0.6 is 15.9 Å². The van der Waals surface area contributed by atoms with E-state index >= 15 is 0 Å². The molecule has 0 radical (unpaired) electrons. The van der Waals surface area contributed by atoms with Crippen molar-refractivity contribution in [1.82, 2.24) is 4.98 Å². The number of carbonyl (C=O) groups excluding carboxylic acids is 1. The molecule has 1 N–H and O–H groups in total. The molecule has 0 bridgehead atoms. The highest BCUT2D eigenvalue weighted by atomic mass is 79.9. The van der Waals surface area contributed by atoms with Gasteiger partial charge in [0, 0.05) is 29.0 Å². The molecule has 0 saturated heterocycles. The van der Waals surface area contributed by atoms with Gasteiger partial charge in [-0.2, -0.15) is 0 Å². The van der Waals surface area contributed by atoms with Crippen molar-refractivity contribution in [2.45, 2.75) is 19.8 Å². The van der Waals surface area contributed by atoms with Gasteiger partial charge in [0.25, 0.3) is 0 Å². The number of rotatable bonds is 4. The number of nitrogens with one attached hydrogen (secondary N) is 1. The van der Waals surface area contributed by atoms with Gasteiger partial charge in [0.05, 0.1) is 0 Å². The Morgan fingerprint density at radius 1 is 1.09 bits per heavy atom. The first-order valence-corrected chi connectivity index (χ1v) is 8.29. The molecule has 1 aromatic heterocycles. The molecule has 0 atom stereocenters. The maximum atomic E-state index is 12.1. The Labute approximate surface area is 143 Å². The van der Waals surface area contributed by atoms with Crippen LogP contribution in [-0.2, 0) is 11.2 Å². The van der Waals surface area contributed by atoms with E-state index in [4.69, 9.17) is 0 Å². The quantitative estimate of drug-likeness (QED) is 0.712. The van der Waals surface area contributed by atoms with Crippen molar-refractivity contribution in [2.24, 2.45) is 0 Å². The summed E-state index contributed by atoms with van der Waals surface area (Å²) in [5.41, 5.74) is 3.03. The Morgan fingerprint density at radius 3 is 2.70 bits per heavy atom. The Hall–Kier alpha value is -2.20. The second-order valence-corrected chi connectivity index (χ2v) is 6.54. The minimum Gasteiger partial charge on any atom is -0.326 e. The maximum absolute atomic E-state index is 12.1. The van der Waals surface area contributed by atoms with Crippen molar-refractivity contribution >= 4 is 38.3 Å². The lowest BCUT2D eigenvalue weighted by atomic mass is 10.1.